The molecule has 3 unspecified atom stereocenters. The highest BCUT2D eigenvalue weighted by atomic mass is 16.4. The zero-order valence-electron chi connectivity index (χ0n) is 31.0. The van der Waals surface area contributed by atoms with Gasteiger partial charge >= 0.3 is 5.97 Å². The van der Waals surface area contributed by atoms with Crippen LogP contribution in [0.1, 0.15) is 123 Å². The van der Waals surface area contributed by atoms with Gasteiger partial charge in [0.05, 0.1) is 5.92 Å². The van der Waals surface area contributed by atoms with Crippen molar-refractivity contribution >= 4 is 23.2 Å². The zero-order valence-corrected chi connectivity index (χ0v) is 31.0. The van der Waals surface area contributed by atoms with Gasteiger partial charge in [0.25, 0.3) is 0 Å². The number of allylic oxidation sites excluding steroid dienone is 2. The molecule has 8 heteroatoms. The lowest BCUT2D eigenvalue weighted by atomic mass is 9.33. The van der Waals surface area contributed by atoms with Gasteiger partial charge < -0.3 is 21.5 Å². The minimum absolute atomic E-state index is 0.0260. The van der Waals surface area contributed by atoms with Gasteiger partial charge in [-0.1, -0.05) is 54.0 Å². The minimum atomic E-state index is -0.605. The number of nitrogen functional groups attached to an aromatic ring is 1. The number of carbonyl (C=O) groups is 1. The Morgan fingerprint density at radius 1 is 0.980 bits per heavy atom. The molecule has 8 atom stereocenters. The first-order valence-electron chi connectivity index (χ1n) is 19.3. The summed E-state index contributed by atoms with van der Waals surface area (Å²) in [6.45, 7) is 19.1. The van der Waals surface area contributed by atoms with Gasteiger partial charge in [-0.15, -0.1) is 0 Å². The molecular formula is C41H60N6O2. The SMILES string of the molecule is CC1(C)CC2C3=C(c4ccc(N5CCC(N)CC5)nc4)CC4[C@@]5(C)Cc6c(N)n[nH]c6C(C)(C)C5CC[C@@]4(C)[C@]3(C)CC[C@@H]2[C@H](C(=O)O)C1. The van der Waals surface area contributed by atoms with E-state index < -0.39 is 5.97 Å². The highest BCUT2D eigenvalue weighted by molar-refractivity contribution is 5.75. The third-order valence-electron chi connectivity index (χ3n) is 16.1. The summed E-state index contributed by atoms with van der Waals surface area (Å²) in [6, 6.07) is 4.86. The minimum Gasteiger partial charge on any atom is -0.481 e. The number of nitrogens with two attached hydrogens (primary N) is 2. The molecule has 0 spiro atoms. The number of piperidine rings is 1. The Bertz CT molecular complexity index is 1680. The number of aromatic nitrogens is 3. The summed E-state index contributed by atoms with van der Waals surface area (Å²) in [5.74, 6) is 2.20. The van der Waals surface area contributed by atoms with E-state index in [4.69, 9.17) is 16.5 Å². The summed E-state index contributed by atoms with van der Waals surface area (Å²) in [7, 11) is 0. The number of hydrogen-bond donors (Lipinski definition) is 4. The first kappa shape index (κ1) is 33.3. The van der Waals surface area contributed by atoms with E-state index in [0.717, 1.165) is 70.3 Å². The number of fused-ring (bicyclic) bond motifs is 8. The summed E-state index contributed by atoms with van der Waals surface area (Å²) in [5.41, 5.74) is 19.6. The number of hydrogen-bond acceptors (Lipinski definition) is 6. The molecule has 0 aromatic carbocycles. The lowest BCUT2D eigenvalue weighted by molar-refractivity contribution is -0.161. The van der Waals surface area contributed by atoms with Gasteiger partial charge in [-0.2, -0.15) is 5.10 Å². The first-order valence-corrected chi connectivity index (χ1v) is 19.3. The van der Waals surface area contributed by atoms with Crippen molar-refractivity contribution in [2.45, 2.75) is 124 Å². The fourth-order valence-electron chi connectivity index (χ4n) is 13.6. The molecule has 0 amide bonds. The largest absolute Gasteiger partial charge is 0.481 e. The topological polar surface area (TPSA) is 134 Å². The number of H-pyrrole nitrogens is 1. The predicted molar refractivity (Wildman–Crippen MR) is 196 cm³/mol. The standard InChI is InChI=1S/C41H60N6O2/c1-37(2)19-27-25(28(20-37)36(48)49)10-14-41(7)33(27)26(23-8-9-32(44-22-23)47-16-12-24(42)13-17-47)18-31-39(5)21-29-34(45-46-35(29)43)38(3,4)30(39)11-15-40(31,41)6/h8-9,22,24-25,27-28,30-31H,10-21,42H2,1-7H3,(H,48,49)(H3,43,45,46)/t25-,27?,28+,30?,31?,39-,40+,41+/m0/s1. The molecule has 1 aliphatic heterocycles. The number of aliphatic carboxylic acids is 1. The predicted octanol–water partition coefficient (Wildman–Crippen LogP) is 7.60. The summed E-state index contributed by atoms with van der Waals surface area (Å²) in [4.78, 5) is 20.4. The van der Waals surface area contributed by atoms with Gasteiger partial charge in [-0.05, 0) is 133 Å². The van der Waals surface area contributed by atoms with E-state index in [2.05, 4.69) is 81.9 Å². The van der Waals surface area contributed by atoms with E-state index in [9.17, 15) is 9.90 Å². The number of aromatic amines is 1. The summed E-state index contributed by atoms with van der Waals surface area (Å²) in [5, 5.41) is 18.5. The molecular weight excluding hydrogens is 608 g/mol. The third-order valence-corrected chi connectivity index (χ3v) is 16.1. The molecule has 3 heterocycles. The van der Waals surface area contributed by atoms with Crippen molar-refractivity contribution in [2.24, 2.45) is 57.0 Å². The van der Waals surface area contributed by atoms with Crippen LogP contribution in [0.25, 0.3) is 5.57 Å². The second-order valence-corrected chi connectivity index (χ2v) is 19.4. The number of carboxylic acids is 1. The maximum atomic E-state index is 12.9. The van der Waals surface area contributed by atoms with Crippen LogP contribution in [0.2, 0.25) is 0 Å². The Morgan fingerprint density at radius 3 is 2.39 bits per heavy atom. The lowest BCUT2D eigenvalue weighted by Gasteiger charge is -2.70. The van der Waals surface area contributed by atoms with Gasteiger partial charge in [0, 0.05) is 42.0 Å². The van der Waals surface area contributed by atoms with Gasteiger partial charge in [0.1, 0.15) is 11.6 Å². The van der Waals surface area contributed by atoms with Crippen LogP contribution in [-0.4, -0.2) is 45.4 Å². The molecule has 8 nitrogen and oxygen atoms in total. The Labute approximate surface area is 293 Å². The quantitative estimate of drug-likeness (QED) is 0.265. The number of nitrogens with one attached hydrogen (secondary N) is 1. The van der Waals surface area contributed by atoms with Crippen LogP contribution in [0.4, 0.5) is 11.6 Å². The number of pyridine rings is 1. The Hall–Kier alpha value is -2.87. The Morgan fingerprint density at radius 2 is 1.71 bits per heavy atom. The van der Waals surface area contributed by atoms with Crippen molar-refractivity contribution in [1.29, 1.82) is 0 Å². The van der Waals surface area contributed by atoms with E-state index in [1.165, 1.54) is 35.2 Å². The van der Waals surface area contributed by atoms with Gasteiger partial charge in [-0.3, -0.25) is 9.89 Å². The number of carboxylic acid groups (broad SMARTS) is 1. The van der Waals surface area contributed by atoms with Crippen LogP contribution in [-0.2, 0) is 16.6 Å². The van der Waals surface area contributed by atoms with Crippen LogP contribution in [0.3, 0.4) is 0 Å². The fraction of sp³-hybridized carbons (Fsp3) is 0.732. The molecule has 1 saturated heterocycles. The molecule has 6 N–H and O–H groups in total. The van der Waals surface area contributed by atoms with Crippen molar-refractivity contribution in [3.8, 4) is 0 Å². The molecule has 6 aliphatic rings. The maximum absolute atomic E-state index is 12.9. The van der Waals surface area contributed by atoms with Crippen molar-refractivity contribution < 1.29 is 9.90 Å². The molecule has 49 heavy (non-hydrogen) atoms. The molecule has 5 aliphatic carbocycles. The van der Waals surface area contributed by atoms with Crippen molar-refractivity contribution in [1.82, 2.24) is 15.2 Å². The average molecular weight is 669 g/mol. The molecule has 3 saturated carbocycles. The summed E-state index contributed by atoms with van der Waals surface area (Å²) < 4.78 is 0. The van der Waals surface area contributed by atoms with E-state index in [1.807, 2.05) is 0 Å². The Kier molecular flexibility index (Phi) is 7.35. The second-order valence-electron chi connectivity index (χ2n) is 19.4. The van der Waals surface area contributed by atoms with E-state index >= 15 is 0 Å². The maximum Gasteiger partial charge on any atom is 0.306 e. The highest BCUT2D eigenvalue weighted by Crippen LogP contribution is 2.76. The van der Waals surface area contributed by atoms with Crippen LogP contribution >= 0.6 is 0 Å². The molecule has 8 rings (SSSR count). The molecule has 2 aromatic rings. The van der Waals surface area contributed by atoms with Crippen molar-refractivity contribution in [2.75, 3.05) is 23.7 Å². The number of anilines is 2. The van der Waals surface area contributed by atoms with Crippen LogP contribution in [0, 0.1) is 51.2 Å². The van der Waals surface area contributed by atoms with Crippen LogP contribution in [0.5, 0.6) is 0 Å². The average Bonchev–Trinajstić information content (AvgIpc) is 3.41. The summed E-state index contributed by atoms with van der Waals surface area (Å²) >= 11 is 0. The number of nitrogens with zero attached hydrogens (tertiary/aromatic N) is 3. The third kappa shape index (κ3) is 4.67. The highest BCUT2D eigenvalue weighted by Gasteiger charge is 2.68. The van der Waals surface area contributed by atoms with Gasteiger partial charge in [-0.25, -0.2) is 4.98 Å². The molecule has 0 bridgehead atoms. The van der Waals surface area contributed by atoms with E-state index in [1.54, 1.807) is 5.57 Å². The summed E-state index contributed by atoms with van der Waals surface area (Å²) in [6.07, 6.45) is 12.3. The molecule has 0 radical (unpaired) electrons. The number of rotatable bonds is 3. The lowest BCUT2D eigenvalue weighted by Crippen LogP contribution is -2.64. The van der Waals surface area contributed by atoms with Crippen LogP contribution < -0.4 is 16.4 Å². The fourth-order valence-corrected chi connectivity index (χ4v) is 13.6. The molecule has 266 valence electrons. The van der Waals surface area contributed by atoms with Crippen LogP contribution in [0.15, 0.2) is 23.9 Å². The van der Waals surface area contributed by atoms with Crippen molar-refractivity contribution in [3.63, 3.8) is 0 Å². The molecule has 4 fully saturated rings. The zero-order chi connectivity index (χ0) is 34.9. The van der Waals surface area contributed by atoms with Crippen molar-refractivity contribution in [3.05, 3.63) is 40.7 Å². The normalized spacial score (nSPS) is 39.7. The first-order chi connectivity index (χ1) is 23.0. The molecule has 2 aromatic heterocycles. The van der Waals surface area contributed by atoms with E-state index in [-0.39, 0.29) is 50.9 Å². The monoisotopic (exact) mass is 668 g/mol. The van der Waals surface area contributed by atoms with E-state index in [0.29, 0.717) is 17.7 Å². The smallest absolute Gasteiger partial charge is 0.306 e. The van der Waals surface area contributed by atoms with Gasteiger partial charge in [0.15, 0.2) is 0 Å². The second kappa shape index (κ2) is 10.8. The van der Waals surface area contributed by atoms with Gasteiger partial charge in [0.2, 0.25) is 0 Å². The Balaban J connectivity index is 1.30.